The fourth-order valence-electron chi connectivity index (χ4n) is 2.35. The van der Waals surface area contributed by atoms with E-state index in [0.29, 0.717) is 12.8 Å². The molecule has 1 aromatic carbocycles. The molecule has 104 valence electrons. The maximum atomic E-state index is 11.4. The average molecular weight is 284 g/mol. The third-order valence-corrected chi connectivity index (χ3v) is 5.29. The molecule has 19 heavy (non-hydrogen) atoms. The monoisotopic (exact) mass is 284 g/mol. The number of benzene rings is 1. The molecule has 7 heteroatoms. The summed E-state index contributed by atoms with van der Waals surface area (Å²) in [6.45, 7) is 0. The highest BCUT2D eigenvalue weighted by molar-refractivity contribution is 7.91. The summed E-state index contributed by atoms with van der Waals surface area (Å²) in [7, 11) is -2.92. The summed E-state index contributed by atoms with van der Waals surface area (Å²) in [6.07, 6.45) is 1.15. The summed E-state index contributed by atoms with van der Waals surface area (Å²) in [5, 5.41) is 10.5. The Morgan fingerprint density at radius 1 is 1.37 bits per heavy atom. The zero-order valence-electron chi connectivity index (χ0n) is 10.4. The topological polar surface area (TPSA) is 103 Å². The van der Waals surface area contributed by atoms with E-state index in [1.165, 1.54) is 12.1 Å². The quantitative estimate of drug-likeness (QED) is 0.653. The first-order chi connectivity index (χ1) is 8.87. The van der Waals surface area contributed by atoms with Gasteiger partial charge >= 0.3 is 0 Å². The van der Waals surface area contributed by atoms with E-state index in [0.717, 1.165) is 5.56 Å². The number of nitrogens with zero attached hydrogens (tertiary/aromatic N) is 1. The van der Waals surface area contributed by atoms with E-state index in [-0.39, 0.29) is 29.2 Å². The van der Waals surface area contributed by atoms with Gasteiger partial charge < -0.3 is 5.73 Å². The minimum absolute atomic E-state index is 0.0137. The van der Waals surface area contributed by atoms with Crippen LogP contribution in [-0.2, 0) is 16.3 Å². The van der Waals surface area contributed by atoms with Crippen LogP contribution in [0.2, 0.25) is 0 Å². The van der Waals surface area contributed by atoms with Gasteiger partial charge in [0.05, 0.1) is 16.4 Å². The Kier molecular flexibility index (Phi) is 3.86. The van der Waals surface area contributed by atoms with Gasteiger partial charge in [-0.15, -0.1) is 0 Å². The van der Waals surface area contributed by atoms with Crippen LogP contribution in [0.5, 0.6) is 0 Å². The normalized spacial score (nSPS) is 23.1. The highest BCUT2D eigenvalue weighted by Gasteiger charge is 2.31. The van der Waals surface area contributed by atoms with E-state index in [1.54, 1.807) is 12.1 Å². The number of nitro groups is 1. The van der Waals surface area contributed by atoms with Crippen molar-refractivity contribution in [2.24, 2.45) is 11.7 Å². The lowest BCUT2D eigenvalue weighted by Gasteiger charge is -2.17. The maximum Gasteiger partial charge on any atom is 0.269 e. The minimum Gasteiger partial charge on any atom is -0.327 e. The predicted octanol–water partition coefficient (Wildman–Crippen LogP) is 0.899. The van der Waals surface area contributed by atoms with Crippen LogP contribution in [-0.4, -0.2) is 30.9 Å². The molecule has 1 heterocycles. The number of rotatable bonds is 4. The molecule has 2 unspecified atom stereocenters. The van der Waals surface area contributed by atoms with E-state index in [9.17, 15) is 18.5 Å². The van der Waals surface area contributed by atoms with Crippen molar-refractivity contribution in [3.63, 3.8) is 0 Å². The molecule has 6 nitrogen and oxygen atoms in total. The van der Waals surface area contributed by atoms with Crippen LogP contribution in [0, 0.1) is 16.0 Å². The number of sulfone groups is 1. The summed E-state index contributed by atoms with van der Waals surface area (Å²) in [4.78, 5) is 10.1. The van der Waals surface area contributed by atoms with Gasteiger partial charge in [0, 0.05) is 18.2 Å². The minimum atomic E-state index is -2.92. The Balaban J connectivity index is 1.99. The molecule has 1 fully saturated rings. The van der Waals surface area contributed by atoms with Gasteiger partial charge in [-0.05, 0) is 24.3 Å². The second-order valence-electron chi connectivity index (χ2n) is 4.95. The Bertz CT molecular complexity index is 568. The van der Waals surface area contributed by atoms with Crippen molar-refractivity contribution in [3.8, 4) is 0 Å². The van der Waals surface area contributed by atoms with E-state index in [2.05, 4.69) is 0 Å². The fraction of sp³-hybridized carbons (Fsp3) is 0.500. The van der Waals surface area contributed by atoms with Crippen LogP contribution in [0.4, 0.5) is 5.69 Å². The molecule has 1 aromatic rings. The summed E-state index contributed by atoms with van der Waals surface area (Å²) in [5.74, 6) is 0.354. The molecule has 1 saturated heterocycles. The van der Waals surface area contributed by atoms with Crippen molar-refractivity contribution in [2.75, 3.05) is 11.5 Å². The highest BCUT2D eigenvalue weighted by atomic mass is 32.2. The molecule has 0 saturated carbocycles. The van der Waals surface area contributed by atoms with Gasteiger partial charge in [0.2, 0.25) is 0 Å². The van der Waals surface area contributed by atoms with E-state index >= 15 is 0 Å². The zero-order valence-corrected chi connectivity index (χ0v) is 11.2. The van der Waals surface area contributed by atoms with E-state index in [4.69, 9.17) is 5.73 Å². The molecule has 0 bridgehead atoms. The second-order valence-corrected chi connectivity index (χ2v) is 7.18. The van der Waals surface area contributed by atoms with Crippen molar-refractivity contribution < 1.29 is 13.3 Å². The molecule has 1 aliphatic rings. The lowest BCUT2D eigenvalue weighted by atomic mass is 9.94. The molecule has 0 aliphatic carbocycles. The first kappa shape index (κ1) is 14.0. The van der Waals surface area contributed by atoms with Crippen molar-refractivity contribution >= 4 is 15.5 Å². The van der Waals surface area contributed by atoms with Crippen LogP contribution >= 0.6 is 0 Å². The number of hydrogen-bond donors (Lipinski definition) is 1. The molecular formula is C12H16N2O4S. The lowest BCUT2D eigenvalue weighted by Crippen LogP contribution is -2.33. The van der Waals surface area contributed by atoms with Crippen LogP contribution in [0.1, 0.15) is 12.0 Å². The molecule has 0 amide bonds. The van der Waals surface area contributed by atoms with Gasteiger partial charge in [-0.3, -0.25) is 10.1 Å². The number of hydrogen-bond acceptors (Lipinski definition) is 5. The number of nitrogens with two attached hydrogens (primary N) is 1. The molecule has 0 radical (unpaired) electrons. The van der Waals surface area contributed by atoms with Gasteiger partial charge in [0.15, 0.2) is 9.84 Å². The van der Waals surface area contributed by atoms with Crippen LogP contribution in [0.25, 0.3) is 0 Å². The van der Waals surface area contributed by atoms with Gasteiger partial charge in [-0.2, -0.15) is 0 Å². The molecule has 0 aromatic heterocycles. The smallest absolute Gasteiger partial charge is 0.269 e. The highest BCUT2D eigenvalue weighted by Crippen LogP contribution is 2.23. The van der Waals surface area contributed by atoms with Crippen LogP contribution in [0.3, 0.4) is 0 Å². The Hall–Kier alpha value is -1.47. The van der Waals surface area contributed by atoms with Crippen molar-refractivity contribution in [1.82, 2.24) is 0 Å². The lowest BCUT2D eigenvalue weighted by molar-refractivity contribution is -0.384. The SMILES string of the molecule is NC(Cc1ccc([N+](=O)[O-])cc1)C1CCS(=O)(=O)C1. The molecule has 0 spiro atoms. The number of non-ortho nitro benzene ring substituents is 1. The van der Waals surface area contributed by atoms with E-state index in [1.807, 2.05) is 0 Å². The van der Waals surface area contributed by atoms with Crippen LogP contribution in [0.15, 0.2) is 24.3 Å². The van der Waals surface area contributed by atoms with Crippen molar-refractivity contribution in [1.29, 1.82) is 0 Å². The summed E-state index contributed by atoms with van der Waals surface area (Å²) in [6, 6.07) is 5.99. The molecule has 2 N–H and O–H groups in total. The Labute approximate surface area is 111 Å². The summed E-state index contributed by atoms with van der Waals surface area (Å²) >= 11 is 0. The zero-order chi connectivity index (χ0) is 14.0. The van der Waals surface area contributed by atoms with Gasteiger partial charge in [-0.1, -0.05) is 12.1 Å². The van der Waals surface area contributed by atoms with Crippen LogP contribution < -0.4 is 5.73 Å². The van der Waals surface area contributed by atoms with Crippen molar-refractivity contribution in [2.45, 2.75) is 18.9 Å². The molecule has 2 rings (SSSR count). The summed E-state index contributed by atoms with van der Waals surface area (Å²) in [5.41, 5.74) is 6.97. The molecular weight excluding hydrogens is 268 g/mol. The number of nitro benzene ring substituents is 1. The first-order valence-electron chi connectivity index (χ1n) is 6.07. The molecule has 2 atom stereocenters. The second kappa shape index (κ2) is 5.26. The third kappa shape index (κ3) is 3.51. The fourth-order valence-corrected chi connectivity index (χ4v) is 4.25. The summed E-state index contributed by atoms with van der Waals surface area (Å²) < 4.78 is 22.8. The van der Waals surface area contributed by atoms with Gasteiger partial charge in [0.1, 0.15) is 0 Å². The Morgan fingerprint density at radius 2 is 2.00 bits per heavy atom. The van der Waals surface area contributed by atoms with Crippen molar-refractivity contribution in [3.05, 3.63) is 39.9 Å². The molecule has 1 aliphatic heterocycles. The van der Waals surface area contributed by atoms with Gasteiger partial charge in [0.25, 0.3) is 5.69 Å². The standard InChI is InChI=1S/C12H16N2O4S/c13-12(10-5-6-19(17,18)8-10)7-9-1-3-11(4-2-9)14(15)16/h1-4,10,12H,5-8,13H2. The largest absolute Gasteiger partial charge is 0.327 e. The predicted molar refractivity (Wildman–Crippen MR) is 71.5 cm³/mol. The van der Waals surface area contributed by atoms with Gasteiger partial charge in [-0.25, -0.2) is 8.42 Å². The average Bonchev–Trinajstić information content (AvgIpc) is 2.70. The first-order valence-corrected chi connectivity index (χ1v) is 7.89. The van der Waals surface area contributed by atoms with E-state index < -0.39 is 14.8 Å². The maximum absolute atomic E-state index is 11.4. The third-order valence-electron chi connectivity index (χ3n) is 3.49. The Morgan fingerprint density at radius 3 is 2.47 bits per heavy atom.